The lowest BCUT2D eigenvalue weighted by atomic mass is 9.85. The molecule has 3 rings (SSSR count). The van der Waals surface area contributed by atoms with Crippen LogP contribution in [0.15, 0.2) is 24.3 Å². The third-order valence-corrected chi connectivity index (χ3v) is 5.71. The second-order valence-electron chi connectivity index (χ2n) is 7.13. The van der Waals surface area contributed by atoms with Crippen molar-refractivity contribution in [1.82, 2.24) is 10.2 Å². The molecule has 2 saturated heterocycles. The lowest BCUT2D eigenvalue weighted by Crippen LogP contribution is -2.49. The number of carbonyl (C=O) groups is 1. The highest BCUT2D eigenvalue weighted by Gasteiger charge is 2.26. The summed E-state index contributed by atoms with van der Waals surface area (Å²) in [5.41, 5.74) is 1.19. The fourth-order valence-corrected chi connectivity index (χ4v) is 3.93. The topological polar surface area (TPSA) is 35.6 Å². The second-order valence-corrected chi connectivity index (χ2v) is 7.57. The van der Waals surface area contributed by atoms with E-state index < -0.39 is 0 Å². The van der Waals surface area contributed by atoms with Crippen LogP contribution in [0.1, 0.15) is 26.2 Å². The van der Waals surface area contributed by atoms with Crippen LogP contribution in [0.4, 0.5) is 5.69 Å². The van der Waals surface area contributed by atoms with Gasteiger partial charge in [0, 0.05) is 43.3 Å². The van der Waals surface area contributed by atoms with Crippen LogP contribution in [0.3, 0.4) is 0 Å². The number of hydrogen-bond donors (Lipinski definition) is 1. The minimum absolute atomic E-state index is 0. The molecule has 7 heteroatoms. The number of nitrogens with one attached hydrogen (secondary N) is 1. The maximum Gasteiger partial charge on any atom is 0.222 e. The Hall–Kier alpha value is -0.680. The Labute approximate surface area is 174 Å². The van der Waals surface area contributed by atoms with E-state index >= 15 is 0 Å². The van der Waals surface area contributed by atoms with Crippen molar-refractivity contribution in [2.24, 2.45) is 11.8 Å². The van der Waals surface area contributed by atoms with Crippen molar-refractivity contribution >= 4 is 48.0 Å². The van der Waals surface area contributed by atoms with E-state index in [2.05, 4.69) is 29.3 Å². The summed E-state index contributed by atoms with van der Waals surface area (Å²) in [7, 11) is 0. The molecule has 26 heavy (non-hydrogen) atoms. The number of nitrogens with zero attached hydrogens (tertiary/aromatic N) is 2. The summed E-state index contributed by atoms with van der Waals surface area (Å²) in [5.74, 6) is 1.45. The van der Waals surface area contributed by atoms with E-state index in [4.69, 9.17) is 11.6 Å². The van der Waals surface area contributed by atoms with E-state index in [1.807, 2.05) is 17.0 Å². The van der Waals surface area contributed by atoms with Crippen LogP contribution >= 0.6 is 36.4 Å². The molecule has 0 bridgehead atoms. The highest BCUT2D eigenvalue weighted by Crippen LogP contribution is 2.24. The van der Waals surface area contributed by atoms with Crippen LogP contribution in [0.5, 0.6) is 0 Å². The van der Waals surface area contributed by atoms with E-state index in [-0.39, 0.29) is 24.8 Å². The van der Waals surface area contributed by atoms with Gasteiger partial charge in [0.1, 0.15) is 0 Å². The Morgan fingerprint density at radius 2 is 1.85 bits per heavy atom. The molecule has 0 radical (unpaired) electrons. The molecule has 1 N–H and O–H groups in total. The predicted octanol–water partition coefficient (Wildman–Crippen LogP) is 3.86. The maximum atomic E-state index is 12.6. The van der Waals surface area contributed by atoms with Crippen LogP contribution in [0, 0.1) is 11.8 Å². The minimum atomic E-state index is 0. The summed E-state index contributed by atoms with van der Waals surface area (Å²) in [5, 5.41) is 4.22. The van der Waals surface area contributed by atoms with Gasteiger partial charge in [0.15, 0.2) is 0 Å². The molecular formula is C19H30Cl3N3O. The number of piperazine rings is 1. The lowest BCUT2D eigenvalue weighted by Gasteiger charge is -2.37. The summed E-state index contributed by atoms with van der Waals surface area (Å²) in [6.07, 6.45) is 3.18. The molecule has 0 spiro atoms. The van der Waals surface area contributed by atoms with E-state index in [9.17, 15) is 4.79 Å². The normalized spacial score (nSPS) is 21.4. The minimum Gasteiger partial charge on any atom is -0.368 e. The molecule has 2 heterocycles. The Morgan fingerprint density at radius 1 is 1.19 bits per heavy atom. The van der Waals surface area contributed by atoms with Crippen molar-refractivity contribution in [3.05, 3.63) is 29.3 Å². The molecular weight excluding hydrogens is 393 g/mol. The van der Waals surface area contributed by atoms with E-state index in [0.717, 1.165) is 44.3 Å². The van der Waals surface area contributed by atoms with E-state index in [0.29, 0.717) is 24.2 Å². The summed E-state index contributed by atoms with van der Waals surface area (Å²) >= 11 is 5.95. The summed E-state index contributed by atoms with van der Waals surface area (Å²) in [4.78, 5) is 17.0. The van der Waals surface area contributed by atoms with Crippen LogP contribution in [-0.4, -0.2) is 50.1 Å². The summed E-state index contributed by atoms with van der Waals surface area (Å²) in [6, 6.07) is 7.96. The van der Waals surface area contributed by atoms with Crippen molar-refractivity contribution in [3.63, 3.8) is 0 Å². The number of piperidine rings is 1. The van der Waals surface area contributed by atoms with Crippen LogP contribution in [-0.2, 0) is 4.79 Å². The zero-order valence-corrected chi connectivity index (χ0v) is 17.7. The molecule has 1 aromatic rings. The zero-order chi connectivity index (χ0) is 16.9. The van der Waals surface area contributed by atoms with Gasteiger partial charge in [0.2, 0.25) is 5.91 Å². The Bertz CT molecular complexity index is 541. The van der Waals surface area contributed by atoms with Gasteiger partial charge in [0.05, 0.1) is 0 Å². The quantitative estimate of drug-likeness (QED) is 0.800. The summed E-state index contributed by atoms with van der Waals surface area (Å²) in [6.45, 7) is 7.86. The SMILES string of the molecule is CC(CC(=O)N1CCN(c2ccc(Cl)cc2)CC1)C1CCCNC1.Cl.Cl. The molecule has 0 saturated carbocycles. The number of anilines is 1. The van der Waals surface area contributed by atoms with Gasteiger partial charge in [-0.3, -0.25) is 4.79 Å². The average molecular weight is 423 g/mol. The Morgan fingerprint density at radius 3 is 2.42 bits per heavy atom. The fraction of sp³-hybridized carbons (Fsp3) is 0.632. The van der Waals surface area contributed by atoms with Crippen molar-refractivity contribution in [2.75, 3.05) is 44.2 Å². The molecule has 0 aliphatic carbocycles. The lowest BCUT2D eigenvalue weighted by molar-refractivity contribution is -0.132. The zero-order valence-electron chi connectivity index (χ0n) is 15.3. The van der Waals surface area contributed by atoms with Crippen molar-refractivity contribution in [1.29, 1.82) is 0 Å². The first-order valence-electron chi connectivity index (χ1n) is 9.12. The van der Waals surface area contributed by atoms with Crippen LogP contribution < -0.4 is 10.2 Å². The van der Waals surface area contributed by atoms with Gasteiger partial charge in [-0.2, -0.15) is 0 Å². The first-order chi connectivity index (χ1) is 11.6. The number of hydrogen-bond acceptors (Lipinski definition) is 3. The number of rotatable bonds is 4. The predicted molar refractivity (Wildman–Crippen MR) is 114 cm³/mol. The number of benzene rings is 1. The molecule has 4 nitrogen and oxygen atoms in total. The Balaban J connectivity index is 0.00000169. The molecule has 2 unspecified atom stereocenters. The number of amides is 1. The van der Waals surface area contributed by atoms with Crippen molar-refractivity contribution < 1.29 is 4.79 Å². The van der Waals surface area contributed by atoms with Gasteiger partial charge in [-0.15, -0.1) is 24.8 Å². The van der Waals surface area contributed by atoms with E-state index in [1.165, 1.54) is 18.5 Å². The number of halogens is 3. The first kappa shape index (κ1) is 23.4. The monoisotopic (exact) mass is 421 g/mol. The molecule has 2 fully saturated rings. The van der Waals surface area contributed by atoms with Crippen LogP contribution in [0.2, 0.25) is 5.02 Å². The van der Waals surface area contributed by atoms with Gasteiger partial charge in [-0.25, -0.2) is 0 Å². The molecule has 0 aromatic heterocycles. The molecule has 2 aliphatic heterocycles. The van der Waals surface area contributed by atoms with Gasteiger partial charge < -0.3 is 15.1 Å². The molecule has 1 amide bonds. The second kappa shape index (κ2) is 11.2. The van der Waals surface area contributed by atoms with Crippen molar-refractivity contribution in [2.45, 2.75) is 26.2 Å². The summed E-state index contributed by atoms with van der Waals surface area (Å²) < 4.78 is 0. The van der Waals surface area contributed by atoms with Crippen molar-refractivity contribution in [3.8, 4) is 0 Å². The van der Waals surface area contributed by atoms with E-state index in [1.54, 1.807) is 0 Å². The molecule has 148 valence electrons. The average Bonchev–Trinajstić information content (AvgIpc) is 2.63. The largest absolute Gasteiger partial charge is 0.368 e. The smallest absolute Gasteiger partial charge is 0.222 e. The van der Waals surface area contributed by atoms with Crippen LogP contribution in [0.25, 0.3) is 0 Å². The third-order valence-electron chi connectivity index (χ3n) is 5.46. The molecule has 2 atom stereocenters. The maximum absolute atomic E-state index is 12.6. The standard InChI is InChI=1S/C19H28ClN3O.2ClH/c1-15(16-3-2-8-21-14-16)13-19(24)23-11-9-22(10-12-23)18-6-4-17(20)5-7-18;;/h4-7,15-16,21H,2-3,8-14H2,1H3;2*1H. The van der Waals surface area contributed by atoms with Gasteiger partial charge in [-0.1, -0.05) is 18.5 Å². The third kappa shape index (κ3) is 6.19. The fourth-order valence-electron chi connectivity index (χ4n) is 3.80. The van der Waals surface area contributed by atoms with Gasteiger partial charge in [-0.05, 0) is 62.0 Å². The number of carbonyl (C=O) groups excluding carboxylic acids is 1. The van der Waals surface area contributed by atoms with Gasteiger partial charge >= 0.3 is 0 Å². The highest BCUT2D eigenvalue weighted by atomic mass is 35.5. The highest BCUT2D eigenvalue weighted by molar-refractivity contribution is 6.30. The molecule has 1 aromatic carbocycles. The molecule has 2 aliphatic rings. The van der Waals surface area contributed by atoms with Gasteiger partial charge in [0.25, 0.3) is 0 Å². The first-order valence-corrected chi connectivity index (χ1v) is 9.50. The Kier molecular flexibility index (Phi) is 10.1.